The van der Waals surface area contributed by atoms with Crippen LogP contribution in [0.1, 0.15) is 36.8 Å². The predicted octanol–water partition coefficient (Wildman–Crippen LogP) is 1.83. The quantitative estimate of drug-likeness (QED) is 0.802. The van der Waals surface area contributed by atoms with Crippen molar-refractivity contribution in [3.63, 3.8) is 0 Å². The topological polar surface area (TPSA) is 36.4 Å². The number of hydrogen-bond donors (Lipinski definition) is 1. The first-order valence-corrected chi connectivity index (χ1v) is 6.45. The van der Waals surface area contributed by atoms with Gasteiger partial charge in [0.05, 0.1) is 5.60 Å². The number of aryl methyl sites for hydroxylation is 1. The molecule has 17 heavy (non-hydrogen) atoms. The molecule has 2 unspecified atom stereocenters. The van der Waals surface area contributed by atoms with Crippen molar-refractivity contribution in [3.05, 3.63) is 29.6 Å². The van der Waals surface area contributed by atoms with E-state index >= 15 is 0 Å². The molecule has 2 atom stereocenters. The Morgan fingerprint density at radius 2 is 1.94 bits per heavy atom. The Balaban J connectivity index is 1.93. The Hall–Kier alpha value is -0.930. The number of fused-ring (bicyclic) bond motifs is 2. The van der Waals surface area contributed by atoms with E-state index < -0.39 is 5.60 Å². The fraction of sp³-hybridized carbons (Fsp3) is 0.643. The number of rotatable bonds is 1. The van der Waals surface area contributed by atoms with Crippen LogP contribution in [0.25, 0.3) is 0 Å². The molecular formula is C14H20N2O. The van der Waals surface area contributed by atoms with E-state index in [1.54, 1.807) is 0 Å². The molecule has 0 aliphatic carbocycles. The van der Waals surface area contributed by atoms with Gasteiger partial charge in [0.1, 0.15) is 0 Å². The number of nitrogens with zero attached hydrogens (tertiary/aromatic N) is 2. The lowest BCUT2D eigenvalue weighted by Crippen LogP contribution is -2.47. The van der Waals surface area contributed by atoms with Crippen molar-refractivity contribution in [2.24, 2.45) is 0 Å². The number of pyridine rings is 1. The third-order valence-corrected chi connectivity index (χ3v) is 4.54. The molecule has 0 spiro atoms. The molecule has 2 fully saturated rings. The zero-order valence-corrected chi connectivity index (χ0v) is 10.6. The lowest BCUT2D eigenvalue weighted by molar-refractivity contribution is -0.0495. The van der Waals surface area contributed by atoms with E-state index in [1.165, 1.54) is 12.8 Å². The van der Waals surface area contributed by atoms with E-state index in [9.17, 15) is 5.11 Å². The highest BCUT2D eigenvalue weighted by atomic mass is 16.3. The number of hydrogen-bond acceptors (Lipinski definition) is 3. The zero-order chi connectivity index (χ0) is 12.0. The molecule has 92 valence electrons. The summed E-state index contributed by atoms with van der Waals surface area (Å²) in [5.74, 6) is 0. The molecule has 1 N–H and O–H groups in total. The van der Waals surface area contributed by atoms with Crippen LogP contribution in [0.15, 0.2) is 18.5 Å². The highest BCUT2D eigenvalue weighted by Gasteiger charge is 2.46. The van der Waals surface area contributed by atoms with Gasteiger partial charge in [-0.25, -0.2) is 0 Å². The van der Waals surface area contributed by atoms with Gasteiger partial charge < -0.3 is 10.0 Å². The van der Waals surface area contributed by atoms with E-state index in [4.69, 9.17) is 0 Å². The average Bonchev–Trinajstić information content (AvgIpc) is 2.53. The van der Waals surface area contributed by atoms with Crippen LogP contribution in [0.2, 0.25) is 0 Å². The van der Waals surface area contributed by atoms with Crippen LogP contribution in [0.3, 0.4) is 0 Å². The van der Waals surface area contributed by atoms with Crippen LogP contribution in [-0.2, 0) is 5.60 Å². The maximum Gasteiger partial charge on any atom is 0.0941 e. The molecule has 2 aliphatic rings. The molecule has 2 aliphatic heterocycles. The van der Waals surface area contributed by atoms with Gasteiger partial charge >= 0.3 is 0 Å². The molecule has 3 heterocycles. The summed E-state index contributed by atoms with van der Waals surface area (Å²) in [6, 6.07) is 3.16. The number of aromatic nitrogens is 1. The van der Waals surface area contributed by atoms with E-state index in [2.05, 4.69) is 23.0 Å². The maximum atomic E-state index is 10.9. The minimum atomic E-state index is -0.655. The first-order valence-electron chi connectivity index (χ1n) is 6.45. The summed E-state index contributed by atoms with van der Waals surface area (Å²) < 4.78 is 0. The second-order valence-electron chi connectivity index (χ2n) is 5.74. The van der Waals surface area contributed by atoms with Crippen LogP contribution in [0, 0.1) is 6.92 Å². The molecule has 3 heteroatoms. The summed E-state index contributed by atoms with van der Waals surface area (Å²) in [6.45, 7) is 2.03. The molecule has 0 radical (unpaired) electrons. The Labute approximate surface area is 102 Å². The molecule has 3 nitrogen and oxygen atoms in total. The van der Waals surface area contributed by atoms with Crippen LogP contribution < -0.4 is 0 Å². The molecular weight excluding hydrogens is 212 g/mol. The third kappa shape index (κ3) is 1.78. The van der Waals surface area contributed by atoms with Crippen LogP contribution in [0.4, 0.5) is 0 Å². The van der Waals surface area contributed by atoms with Crippen molar-refractivity contribution in [1.82, 2.24) is 9.88 Å². The van der Waals surface area contributed by atoms with E-state index in [0.717, 1.165) is 24.0 Å². The SMILES string of the molecule is Cc1cncc(C2(O)CC3CCC(C2)N3C)c1. The fourth-order valence-electron chi connectivity index (χ4n) is 3.49. The lowest BCUT2D eigenvalue weighted by atomic mass is 9.81. The average molecular weight is 232 g/mol. The van der Waals surface area contributed by atoms with Gasteiger partial charge in [0.25, 0.3) is 0 Å². The third-order valence-electron chi connectivity index (χ3n) is 4.54. The van der Waals surface area contributed by atoms with Gasteiger partial charge in [-0.15, -0.1) is 0 Å². The highest BCUT2D eigenvalue weighted by Crippen LogP contribution is 2.44. The lowest BCUT2D eigenvalue weighted by Gasteiger charge is -2.42. The summed E-state index contributed by atoms with van der Waals surface area (Å²) in [7, 11) is 2.19. The first-order chi connectivity index (χ1) is 8.08. The van der Waals surface area contributed by atoms with E-state index in [-0.39, 0.29) is 0 Å². The van der Waals surface area contributed by atoms with Crippen LogP contribution in [-0.4, -0.2) is 34.1 Å². The second kappa shape index (κ2) is 3.79. The van der Waals surface area contributed by atoms with Gasteiger partial charge in [-0.2, -0.15) is 0 Å². The molecule has 2 saturated heterocycles. The van der Waals surface area contributed by atoms with Gasteiger partial charge in [-0.3, -0.25) is 4.98 Å². The summed E-state index contributed by atoms with van der Waals surface area (Å²) >= 11 is 0. The van der Waals surface area contributed by atoms with Crippen LogP contribution in [0.5, 0.6) is 0 Å². The first kappa shape index (κ1) is 11.2. The predicted molar refractivity (Wildman–Crippen MR) is 66.7 cm³/mol. The Bertz CT molecular complexity index is 418. The number of piperidine rings is 1. The summed E-state index contributed by atoms with van der Waals surface area (Å²) in [5.41, 5.74) is 1.47. The van der Waals surface area contributed by atoms with Gasteiger partial charge in [0.2, 0.25) is 0 Å². The van der Waals surface area contributed by atoms with Crippen molar-refractivity contribution in [2.75, 3.05) is 7.05 Å². The van der Waals surface area contributed by atoms with Crippen molar-refractivity contribution in [2.45, 2.75) is 50.3 Å². The molecule has 2 bridgehead atoms. The minimum absolute atomic E-state index is 0.541. The summed E-state index contributed by atoms with van der Waals surface area (Å²) in [4.78, 5) is 6.66. The fourth-order valence-corrected chi connectivity index (χ4v) is 3.49. The number of aliphatic hydroxyl groups is 1. The standard InChI is InChI=1S/C14H20N2O/c1-10-5-11(9-15-8-10)14(17)6-12-3-4-13(7-14)16(12)2/h5,8-9,12-13,17H,3-4,6-7H2,1-2H3. The second-order valence-corrected chi connectivity index (χ2v) is 5.74. The van der Waals surface area contributed by atoms with E-state index in [1.807, 2.05) is 19.3 Å². The normalized spacial score (nSPS) is 37.4. The van der Waals surface area contributed by atoms with Gasteiger partial charge in [-0.1, -0.05) is 6.07 Å². The molecule has 0 saturated carbocycles. The van der Waals surface area contributed by atoms with Crippen molar-refractivity contribution in [1.29, 1.82) is 0 Å². The Kier molecular flexibility index (Phi) is 2.49. The minimum Gasteiger partial charge on any atom is -0.385 e. The van der Waals surface area contributed by atoms with Crippen molar-refractivity contribution in [3.8, 4) is 0 Å². The van der Waals surface area contributed by atoms with Crippen molar-refractivity contribution >= 4 is 0 Å². The molecule has 0 aromatic carbocycles. The Morgan fingerprint density at radius 1 is 1.29 bits per heavy atom. The maximum absolute atomic E-state index is 10.9. The summed E-state index contributed by atoms with van der Waals surface area (Å²) in [5, 5.41) is 10.9. The summed E-state index contributed by atoms with van der Waals surface area (Å²) in [6.07, 6.45) is 7.83. The van der Waals surface area contributed by atoms with Crippen molar-refractivity contribution < 1.29 is 5.11 Å². The molecule has 3 rings (SSSR count). The van der Waals surface area contributed by atoms with E-state index in [0.29, 0.717) is 12.1 Å². The Morgan fingerprint density at radius 3 is 2.53 bits per heavy atom. The highest BCUT2D eigenvalue weighted by molar-refractivity contribution is 5.25. The monoisotopic (exact) mass is 232 g/mol. The molecule has 0 amide bonds. The van der Waals surface area contributed by atoms with Gasteiger partial charge in [-0.05, 0) is 45.2 Å². The molecule has 1 aromatic rings. The largest absolute Gasteiger partial charge is 0.385 e. The van der Waals surface area contributed by atoms with Gasteiger partial charge in [0, 0.05) is 30.0 Å². The zero-order valence-electron chi connectivity index (χ0n) is 10.6. The van der Waals surface area contributed by atoms with Gasteiger partial charge in [0.15, 0.2) is 0 Å². The smallest absolute Gasteiger partial charge is 0.0941 e. The van der Waals surface area contributed by atoms with Crippen LogP contribution >= 0.6 is 0 Å². The molecule has 1 aromatic heterocycles.